The van der Waals surface area contributed by atoms with E-state index in [1.165, 1.54) is 23.9 Å². The molecule has 0 aliphatic heterocycles. The third-order valence-corrected chi connectivity index (χ3v) is 5.70. The van der Waals surface area contributed by atoms with Gasteiger partial charge in [-0.25, -0.2) is 0 Å². The molecule has 166 valence electrons. The average Bonchev–Trinajstić information content (AvgIpc) is 3.14. The van der Waals surface area contributed by atoms with Crippen molar-refractivity contribution in [2.75, 3.05) is 11.1 Å². The van der Waals surface area contributed by atoms with Crippen LogP contribution in [0.4, 0.5) is 11.4 Å². The van der Waals surface area contributed by atoms with E-state index in [1.807, 2.05) is 6.07 Å². The van der Waals surface area contributed by atoms with Crippen LogP contribution in [0.2, 0.25) is 0 Å². The number of rotatable bonds is 8. The molecule has 32 heavy (non-hydrogen) atoms. The topological polar surface area (TPSA) is 132 Å². The summed E-state index contributed by atoms with van der Waals surface area (Å²) in [5.41, 5.74) is 1.56. The number of nitrogens with one attached hydrogen (secondary N) is 2. The third-order valence-electron chi connectivity index (χ3n) is 4.68. The van der Waals surface area contributed by atoms with Crippen LogP contribution in [0.25, 0.3) is 0 Å². The van der Waals surface area contributed by atoms with Gasteiger partial charge in [0.15, 0.2) is 11.0 Å². The zero-order valence-electron chi connectivity index (χ0n) is 17.7. The number of benzene rings is 2. The van der Waals surface area contributed by atoms with Crippen LogP contribution in [0.3, 0.4) is 0 Å². The summed E-state index contributed by atoms with van der Waals surface area (Å²) in [4.78, 5) is 35.2. The summed E-state index contributed by atoms with van der Waals surface area (Å²) < 4.78 is 1.71. The molecule has 1 aromatic heterocycles. The van der Waals surface area contributed by atoms with E-state index in [4.69, 9.17) is 0 Å². The second-order valence-electron chi connectivity index (χ2n) is 7.05. The van der Waals surface area contributed by atoms with Crippen molar-refractivity contribution in [2.24, 2.45) is 7.05 Å². The molecule has 0 bridgehead atoms. The Bertz CT molecular complexity index is 1150. The van der Waals surface area contributed by atoms with E-state index in [0.29, 0.717) is 22.2 Å². The highest BCUT2D eigenvalue weighted by Crippen LogP contribution is 2.23. The number of non-ortho nitro benzene ring substituents is 1. The first-order chi connectivity index (χ1) is 15.3. The Kier molecular flexibility index (Phi) is 7.21. The largest absolute Gasteiger partial charge is 0.342 e. The Morgan fingerprint density at radius 2 is 1.91 bits per heavy atom. The average molecular weight is 455 g/mol. The van der Waals surface area contributed by atoms with Gasteiger partial charge in [-0.1, -0.05) is 36.0 Å². The molecule has 2 amide bonds. The van der Waals surface area contributed by atoms with Gasteiger partial charge in [-0.2, -0.15) is 0 Å². The van der Waals surface area contributed by atoms with Crippen molar-refractivity contribution < 1.29 is 14.5 Å². The van der Waals surface area contributed by atoms with Crippen LogP contribution < -0.4 is 10.6 Å². The summed E-state index contributed by atoms with van der Waals surface area (Å²) in [6, 6.07) is 12.8. The van der Waals surface area contributed by atoms with E-state index >= 15 is 0 Å². The number of carbonyl (C=O) groups is 2. The van der Waals surface area contributed by atoms with E-state index < -0.39 is 11.0 Å². The second kappa shape index (κ2) is 10.1. The maximum atomic E-state index is 12.4. The zero-order chi connectivity index (χ0) is 23.3. The number of nitro groups is 1. The van der Waals surface area contributed by atoms with Crippen molar-refractivity contribution in [2.45, 2.75) is 25.0 Å². The quantitative estimate of drug-likeness (QED) is 0.303. The van der Waals surface area contributed by atoms with Crippen LogP contribution in [0, 0.1) is 17.0 Å². The van der Waals surface area contributed by atoms with Crippen LogP contribution in [0.15, 0.2) is 53.7 Å². The maximum Gasteiger partial charge on any atom is 0.271 e. The number of amides is 2. The zero-order valence-corrected chi connectivity index (χ0v) is 18.5. The van der Waals surface area contributed by atoms with E-state index in [9.17, 15) is 19.7 Å². The molecule has 3 rings (SSSR count). The highest BCUT2D eigenvalue weighted by molar-refractivity contribution is 7.99. The molecular weight excluding hydrogens is 432 g/mol. The van der Waals surface area contributed by atoms with Crippen molar-refractivity contribution in [3.05, 3.63) is 75.6 Å². The van der Waals surface area contributed by atoms with E-state index in [0.717, 1.165) is 5.56 Å². The Hall–Kier alpha value is -3.73. The van der Waals surface area contributed by atoms with Gasteiger partial charge in [-0.05, 0) is 31.5 Å². The smallest absolute Gasteiger partial charge is 0.271 e. The Morgan fingerprint density at radius 1 is 1.19 bits per heavy atom. The summed E-state index contributed by atoms with van der Waals surface area (Å²) >= 11 is 1.17. The Labute approximate surface area is 188 Å². The second-order valence-corrected chi connectivity index (χ2v) is 8.00. The van der Waals surface area contributed by atoms with Crippen molar-refractivity contribution in [3.8, 4) is 0 Å². The summed E-state index contributed by atoms with van der Waals surface area (Å²) in [5.74, 6) is 0.0427. The molecule has 1 heterocycles. The lowest BCUT2D eigenvalue weighted by atomic mass is 10.2. The minimum absolute atomic E-state index is 0.0405. The lowest BCUT2D eigenvalue weighted by molar-refractivity contribution is -0.384. The maximum absolute atomic E-state index is 12.4. The number of nitrogens with zero attached hydrogens (tertiary/aromatic N) is 4. The molecule has 11 heteroatoms. The normalized spacial score (nSPS) is 11.6. The van der Waals surface area contributed by atoms with E-state index in [-0.39, 0.29) is 23.3 Å². The molecule has 3 aromatic rings. The molecule has 2 aromatic carbocycles. The molecule has 0 saturated carbocycles. The van der Waals surface area contributed by atoms with Gasteiger partial charge in [-0.15, -0.1) is 10.2 Å². The van der Waals surface area contributed by atoms with Crippen molar-refractivity contribution in [3.63, 3.8) is 0 Å². The first kappa shape index (κ1) is 22.9. The Morgan fingerprint density at radius 3 is 2.59 bits per heavy atom. The summed E-state index contributed by atoms with van der Waals surface area (Å²) in [5, 5.41) is 25.3. The first-order valence-corrected chi connectivity index (χ1v) is 10.7. The van der Waals surface area contributed by atoms with Crippen molar-refractivity contribution in [1.29, 1.82) is 0 Å². The van der Waals surface area contributed by atoms with Gasteiger partial charge >= 0.3 is 0 Å². The lowest BCUT2D eigenvalue weighted by Gasteiger charge is -2.13. The lowest BCUT2D eigenvalue weighted by Crippen LogP contribution is -2.28. The number of carbonyl (C=O) groups excluding carboxylic acids is 2. The standard InChI is InChI=1S/C21H22N6O4S/c1-13-9-10-16(27(30)31)11-17(13)23-18(28)12-32-21-25-24-19(26(21)3)14(2)22-20(29)15-7-5-4-6-8-15/h4-11,14H,12H2,1-3H3,(H,22,29)(H,23,28)/t14-/m0/s1. The fraction of sp³-hybridized carbons (Fsp3) is 0.238. The van der Waals surface area contributed by atoms with Crippen molar-refractivity contribution in [1.82, 2.24) is 20.1 Å². The highest BCUT2D eigenvalue weighted by atomic mass is 32.2. The molecule has 0 unspecified atom stereocenters. The van der Waals surface area contributed by atoms with Gasteiger partial charge < -0.3 is 15.2 Å². The van der Waals surface area contributed by atoms with Gasteiger partial charge in [0, 0.05) is 24.7 Å². The fourth-order valence-corrected chi connectivity index (χ4v) is 3.66. The van der Waals surface area contributed by atoms with E-state index in [1.54, 1.807) is 55.8 Å². The number of hydrogen-bond donors (Lipinski definition) is 2. The van der Waals surface area contributed by atoms with Gasteiger partial charge in [0.1, 0.15) is 0 Å². The van der Waals surface area contributed by atoms with Gasteiger partial charge in [-0.3, -0.25) is 19.7 Å². The predicted molar refractivity (Wildman–Crippen MR) is 121 cm³/mol. The third kappa shape index (κ3) is 5.49. The Balaban J connectivity index is 1.60. The minimum Gasteiger partial charge on any atom is -0.342 e. The molecule has 0 spiro atoms. The molecule has 0 fully saturated rings. The summed E-state index contributed by atoms with van der Waals surface area (Å²) in [7, 11) is 1.76. The molecule has 0 aliphatic rings. The minimum atomic E-state index is -0.511. The van der Waals surface area contributed by atoms with Crippen LogP contribution >= 0.6 is 11.8 Å². The summed E-state index contributed by atoms with van der Waals surface area (Å²) in [6.07, 6.45) is 0. The monoisotopic (exact) mass is 454 g/mol. The fourth-order valence-electron chi connectivity index (χ4n) is 2.94. The molecule has 10 nitrogen and oxygen atoms in total. The van der Waals surface area contributed by atoms with Crippen LogP contribution in [0.5, 0.6) is 0 Å². The number of anilines is 1. The van der Waals surface area contributed by atoms with Gasteiger partial charge in [0.25, 0.3) is 11.6 Å². The summed E-state index contributed by atoms with van der Waals surface area (Å²) in [6.45, 7) is 3.56. The first-order valence-electron chi connectivity index (χ1n) is 9.69. The molecule has 2 N–H and O–H groups in total. The van der Waals surface area contributed by atoms with Gasteiger partial charge in [0.2, 0.25) is 5.91 Å². The van der Waals surface area contributed by atoms with Crippen LogP contribution in [0.1, 0.15) is 34.7 Å². The molecule has 1 atom stereocenters. The SMILES string of the molecule is Cc1ccc([N+](=O)[O-])cc1NC(=O)CSc1nnc([C@H](C)NC(=O)c2ccccc2)n1C. The molecule has 0 saturated heterocycles. The van der Waals surface area contributed by atoms with Crippen LogP contribution in [-0.4, -0.2) is 37.3 Å². The number of thioether (sulfide) groups is 1. The number of aryl methyl sites for hydroxylation is 1. The highest BCUT2D eigenvalue weighted by Gasteiger charge is 2.19. The number of nitro benzene ring substituents is 1. The molecule has 0 radical (unpaired) electrons. The number of aromatic nitrogens is 3. The predicted octanol–water partition coefficient (Wildman–Crippen LogP) is 3.25. The molecular formula is C21H22N6O4S. The van der Waals surface area contributed by atoms with Crippen molar-refractivity contribution >= 4 is 35.0 Å². The van der Waals surface area contributed by atoms with Gasteiger partial charge in [0.05, 0.1) is 22.4 Å². The number of hydrogen-bond acceptors (Lipinski definition) is 7. The van der Waals surface area contributed by atoms with Crippen LogP contribution in [-0.2, 0) is 11.8 Å². The molecule has 0 aliphatic carbocycles. The van der Waals surface area contributed by atoms with E-state index in [2.05, 4.69) is 20.8 Å².